The van der Waals surface area contributed by atoms with Crippen molar-refractivity contribution in [2.75, 3.05) is 0 Å². The van der Waals surface area contributed by atoms with Crippen molar-refractivity contribution in [2.24, 2.45) is 0 Å². The van der Waals surface area contributed by atoms with Gasteiger partial charge in [-0.1, -0.05) is 107 Å². The van der Waals surface area contributed by atoms with Crippen molar-refractivity contribution < 1.29 is 33.3 Å². The molecule has 0 unspecified atom stereocenters. The van der Waals surface area contributed by atoms with Gasteiger partial charge >= 0.3 is 11.3 Å². The second-order valence-corrected chi connectivity index (χ2v) is 10.7. The molecular weight excluding hydrogens is 500 g/mol. The maximum atomic E-state index is 8.49. The highest BCUT2D eigenvalue weighted by Crippen LogP contribution is 2.34. The zero-order valence-electron chi connectivity index (χ0n) is 22.5. The molecule has 0 fully saturated rings. The van der Waals surface area contributed by atoms with Crippen molar-refractivity contribution in [3.63, 3.8) is 0 Å². The van der Waals surface area contributed by atoms with E-state index in [2.05, 4.69) is 80.6 Å². The lowest BCUT2D eigenvalue weighted by Gasteiger charge is -2.17. The van der Waals surface area contributed by atoms with Crippen LogP contribution in [0.2, 0.25) is 0 Å². The van der Waals surface area contributed by atoms with Crippen LogP contribution >= 0.6 is 0 Å². The summed E-state index contributed by atoms with van der Waals surface area (Å²) < 4.78 is 40.4. The molecule has 4 rings (SSSR count). The van der Waals surface area contributed by atoms with Crippen molar-refractivity contribution >= 4 is 21.7 Å². The number of hydrogen-bond donors (Lipinski definition) is 0. The van der Waals surface area contributed by atoms with Crippen LogP contribution in [0.4, 0.5) is 0 Å². The number of unbranched alkanes of at least 4 members (excludes halogenated alkanes) is 9. The number of halogens is 1. The predicted molar refractivity (Wildman–Crippen MR) is 144 cm³/mol. The maximum Gasteiger partial charge on any atom is 0.361 e. The fraction of sp³-hybridized carbons (Fsp3) is 0.406. The van der Waals surface area contributed by atoms with Gasteiger partial charge in [-0.3, -0.25) is 0 Å². The molecular formula is C32H39ClO5. The summed E-state index contributed by atoms with van der Waals surface area (Å²) in [4.78, 5) is 0. The SMILES string of the molecule is CCCCCCCCCCCCc1cc(-c2ccc(C)cc2)[o+]c2ccc3ccccc3c12.[O-][Cl+3]([O-])([O-])[O-]. The molecule has 4 aromatic rings. The van der Waals surface area contributed by atoms with E-state index in [0.717, 1.165) is 23.3 Å². The molecule has 0 aliphatic rings. The Labute approximate surface area is 228 Å². The molecule has 0 atom stereocenters. The molecule has 0 aliphatic carbocycles. The van der Waals surface area contributed by atoms with Gasteiger partial charge in [0.05, 0.1) is 10.9 Å². The molecule has 0 aliphatic heterocycles. The monoisotopic (exact) mass is 538 g/mol. The minimum Gasteiger partial charge on any atom is -0.222 e. The Morgan fingerprint density at radius 2 is 1.26 bits per heavy atom. The normalized spacial score (nSPS) is 11.5. The molecule has 0 bridgehead atoms. The summed E-state index contributed by atoms with van der Waals surface area (Å²) in [5, 5.41) is 3.88. The van der Waals surface area contributed by atoms with Crippen molar-refractivity contribution in [3.05, 3.63) is 77.9 Å². The molecule has 38 heavy (non-hydrogen) atoms. The Morgan fingerprint density at radius 3 is 1.89 bits per heavy atom. The zero-order chi connectivity index (χ0) is 27.4. The van der Waals surface area contributed by atoms with E-state index in [1.54, 1.807) is 0 Å². The van der Waals surface area contributed by atoms with Crippen LogP contribution in [0, 0.1) is 17.2 Å². The molecule has 0 amide bonds. The van der Waals surface area contributed by atoms with Crippen LogP contribution in [-0.2, 0) is 6.42 Å². The van der Waals surface area contributed by atoms with Gasteiger partial charge in [-0.25, -0.2) is 23.1 Å². The molecule has 6 heteroatoms. The van der Waals surface area contributed by atoms with E-state index in [9.17, 15) is 0 Å². The van der Waals surface area contributed by atoms with Gasteiger partial charge in [0.25, 0.3) is 0 Å². The van der Waals surface area contributed by atoms with E-state index < -0.39 is 10.2 Å². The number of fused-ring (bicyclic) bond motifs is 3. The average Bonchev–Trinajstić information content (AvgIpc) is 2.88. The predicted octanol–water partition coefficient (Wildman–Crippen LogP) is 5.55. The van der Waals surface area contributed by atoms with E-state index >= 15 is 0 Å². The summed E-state index contributed by atoms with van der Waals surface area (Å²) in [6, 6.07) is 24.0. The highest BCUT2D eigenvalue weighted by atomic mass is 35.7. The van der Waals surface area contributed by atoms with Crippen LogP contribution in [-0.4, -0.2) is 0 Å². The topological polar surface area (TPSA) is 104 Å². The first-order valence-corrected chi connectivity index (χ1v) is 15.0. The molecule has 1 heterocycles. The van der Waals surface area contributed by atoms with E-state index in [4.69, 9.17) is 23.1 Å². The van der Waals surface area contributed by atoms with Crippen LogP contribution in [0.3, 0.4) is 0 Å². The van der Waals surface area contributed by atoms with E-state index in [1.165, 1.54) is 91.5 Å². The summed E-state index contributed by atoms with van der Waals surface area (Å²) in [6.45, 7) is 4.42. The Balaban J connectivity index is 0.000000732. The highest BCUT2D eigenvalue weighted by molar-refractivity contribution is 6.07. The fourth-order valence-corrected chi connectivity index (χ4v) is 4.91. The Kier molecular flexibility index (Phi) is 12.0. The lowest BCUT2D eigenvalue weighted by molar-refractivity contribution is -2.00. The van der Waals surface area contributed by atoms with Crippen molar-refractivity contribution in [3.8, 4) is 11.3 Å². The van der Waals surface area contributed by atoms with Gasteiger partial charge in [0.1, 0.15) is 0 Å². The Bertz CT molecular complexity index is 1260. The molecule has 0 radical (unpaired) electrons. The van der Waals surface area contributed by atoms with Crippen LogP contribution in [0.25, 0.3) is 33.1 Å². The Morgan fingerprint density at radius 1 is 0.684 bits per heavy atom. The first-order chi connectivity index (χ1) is 18.3. The van der Waals surface area contributed by atoms with Gasteiger partial charge in [-0.05, 0) is 54.3 Å². The van der Waals surface area contributed by atoms with Gasteiger partial charge in [-0.15, -0.1) is 10.2 Å². The van der Waals surface area contributed by atoms with Crippen LogP contribution in [0.1, 0.15) is 82.3 Å². The third-order valence-corrected chi connectivity index (χ3v) is 6.87. The number of hydrogen-bond acceptors (Lipinski definition) is 4. The summed E-state index contributed by atoms with van der Waals surface area (Å²) in [5.41, 5.74) is 4.84. The van der Waals surface area contributed by atoms with E-state index in [1.807, 2.05) is 0 Å². The van der Waals surface area contributed by atoms with Crippen LogP contribution < -0.4 is 18.6 Å². The summed E-state index contributed by atoms with van der Waals surface area (Å²) in [7, 11) is -4.94. The molecule has 0 N–H and O–H groups in total. The summed E-state index contributed by atoms with van der Waals surface area (Å²) in [6.07, 6.45) is 14.8. The first-order valence-electron chi connectivity index (χ1n) is 13.7. The third kappa shape index (κ3) is 9.97. The third-order valence-electron chi connectivity index (χ3n) is 6.87. The van der Waals surface area contributed by atoms with Crippen molar-refractivity contribution in [1.82, 2.24) is 0 Å². The second kappa shape index (κ2) is 15.2. The smallest absolute Gasteiger partial charge is 0.222 e. The average molecular weight is 539 g/mol. The molecule has 204 valence electrons. The Hall–Kier alpha value is -2.54. The van der Waals surface area contributed by atoms with Gasteiger partial charge in [-0.2, -0.15) is 0 Å². The van der Waals surface area contributed by atoms with Crippen LogP contribution in [0.15, 0.2) is 71.1 Å². The largest absolute Gasteiger partial charge is 0.361 e. The van der Waals surface area contributed by atoms with Crippen molar-refractivity contribution in [1.29, 1.82) is 0 Å². The van der Waals surface area contributed by atoms with Crippen molar-refractivity contribution in [2.45, 2.75) is 84.5 Å². The number of rotatable bonds is 12. The van der Waals surface area contributed by atoms with Gasteiger partial charge in [0.2, 0.25) is 0 Å². The summed E-state index contributed by atoms with van der Waals surface area (Å²) >= 11 is 0. The molecule has 1 aromatic heterocycles. The number of aryl methyl sites for hydroxylation is 2. The first kappa shape index (κ1) is 30.0. The molecule has 0 spiro atoms. The molecule has 0 saturated carbocycles. The van der Waals surface area contributed by atoms with E-state index in [-0.39, 0.29) is 0 Å². The molecule has 0 saturated heterocycles. The zero-order valence-corrected chi connectivity index (χ0v) is 23.3. The lowest BCUT2D eigenvalue weighted by atomic mass is 9.96. The van der Waals surface area contributed by atoms with Gasteiger partial charge in [0, 0.05) is 12.1 Å². The van der Waals surface area contributed by atoms with E-state index in [0.29, 0.717) is 0 Å². The minimum atomic E-state index is -4.94. The highest BCUT2D eigenvalue weighted by Gasteiger charge is 2.20. The van der Waals surface area contributed by atoms with Gasteiger partial charge in [0.15, 0.2) is 0 Å². The lowest BCUT2D eigenvalue weighted by Crippen LogP contribution is -2.68. The van der Waals surface area contributed by atoms with Crippen LogP contribution in [0.5, 0.6) is 0 Å². The maximum absolute atomic E-state index is 8.49. The molecule has 3 aromatic carbocycles. The standard InChI is InChI=1S/C32H39O.ClHO4/c1-3-4-5-6-7-8-9-10-11-12-16-28-24-31(27-20-18-25(2)19-21-27)33-30-23-22-26-15-13-14-17-29(26)32(28)30;2-1(3,4)5/h13-15,17-24H,3-12,16H2,1-2H3;(H,2,3,4,5)/q+1;/p-1. The summed E-state index contributed by atoms with van der Waals surface area (Å²) in [5.74, 6) is 0.972. The molecule has 5 nitrogen and oxygen atoms in total. The minimum absolute atomic E-state index is 0.972. The van der Waals surface area contributed by atoms with Gasteiger partial charge < -0.3 is 0 Å². The quantitative estimate of drug-likeness (QED) is 0.134. The number of benzene rings is 3. The fourth-order valence-electron chi connectivity index (χ4n) is 4.91. The second-order valence-electron chi connectivity index (χ2n) is 9.97.